The Balaban J connectivity index is 1.77. The summed E-state index contributed by atoms with van der Waals surface area (Å²) in [4.78, 5) is 39.3. The number of halogens is 1. The lowest BCUT2D eigenvalue weighted by Gasteiger charge is -2.07. The summed E-state index contributed by atoms with van der Waals surface area (Å²) in [5, 5.41) is 2.70. The molecule has 1 amide bonds. The maximum absolute atomic E-state index is 12.0. The number of nitrogens with zero attached hydrogens (tertiary/aromatic N) is 1. The zero-order valence-electron chi connectivity index (χ0n) is 14.0. The number of hydrogen-bond acceptors (Lipinski definition) is 6. The van der Waals surface area contributed by atoms with Gasteiger partial charge in [0.25, 0.3) is 5.91 Å². The summed E-state index contributed by atoms with van der Waals surface area (Å²) in [6, 6.07) is 9.41. The summed E-state index contributed by atoms with van der Waals surface area (Å²) in [7, 11) is 0. The molecule has 0 radical (unpaired) electrons. The maximum atomic E-state index is 12.0. The molecule has 0 saturated carbocycles. The number of Topliss-reactive ketones (excluding diaryl/α,β-unsaturated/α-hetero) is 1. The number of ketones is 1. The first-order valence-electron chi connectivity index (χ1n) is 7.81. The zero-order chi connectivity index (χ0) is 18.9. The quantitative estimate of drug-likeness (QED) is 0.561. The third-order valence-electron chi connectivity index (χ3n) is 3.20. The number of rotatable bonds is 8. The van der Waals surface area contributed by atoms with Crippen molar-refractivity contribution in [2.45, 2.75) is 6.92 Å². The number of ether oxygens (including phenoxy) is 2. The normalized spacial score (nSPS) is 10.1. The molecule has 1 N–H and O–H groups in total. The molecule has 2 aromatic rings. The van der Waals surface area contributed by atoms with E-state index < -0.39 is 18.5 Å². The van der Waals surface area contributed by atoms with Crippen LogP contribution in [0.1, 0.15) is 27.8 Å². The zero-order valence-corrected chi connectivity index (χ0v) is 14.8. The summed E-state index contributed by atoms with van der Waals surface area (Å²) >= 11 is 5.76. The van der Waals surface area contributed by atoms with Crippen molar-refractivity contribution in [2.24, 2.45) is 0 Å². The Morgan fingerprint density at radius 1 is 1.15 bits per heavy atom. The van der Waals surface area contributed by atoms with E-state index in [-0.39, 0.29) is 18.0 Å². The molecule has 136 valence electrons. The Morgan fingerprint density at radius 2 is 1.88 bits per heavy atom. The van der Waals surface area contributed by atoms with Gasteiger partial charge in [0.1, 0.15) is 18.0 Å². The molecule has 7 nitrogen and oxygen atoms in total. The van der Waals surface area contributed by atoms with Crippen LogP contribution in [0, 0.1) is 0 Å². The molecule has 0 fully saturated rings. The van der Waals surface area contributed by atoms with E-state index in [9.17, 15) is 14.4 Å². The van der Waals surface area contributed by atoms with Crippen molar-refractivity contribution in [3.8, 4) is 5.75 Å². The number of nitrogens with one attached hydrogen (secondary N) is 1. The number of benzene rings is 1. The Kier molecular flexibility index (Phi) is 7.11. The Labute approximate surface area is 155 Å². The Morgan fingerprint density at radius 3 is 2.54 bits per heavy atom. The van der Waals surface area contributed by atoms with Crippen molar-refractivity contribution in [2.75, 3.05) is 19.8 Å². The molecule has 2 rings (SSSR count). The Hall–Kier alpha value is -2.93. The van der Waals surface area contributed by atoms with Gasteiger partial charge in [0.2, 0.25) is 0 Å². The van der Waals surface area contributed by atoms with Crippen LogP contribution in [-0.4, -0.2) is 42.4 Å². The second kappa shape index (κ2) is 9.53. The van der Waals surface area contributed by atoms with Gasteiger partial charge in [-0.25, -0.2) is 0 Å². The highest BCUT2D eigenvalue weighted by Crippen LogP contribution is 2.12. The van der Waals surface area contributed by atoms with Gasteiger partial charge in [-0.3, -0.25) is 19.4 Å². The molecule has 0 saturated heterocycles. The fourth-order valence-corrected chi connectivity index (χ4v) is 2.12. The van der Waals surface area contributed by atoms with Crippen LogP contribution in [0.25, 0.3) is 0 Å². The van der Waals surface area contributed by atoms with Crippen molar-refractivity contribution in [1.82, 2.24) is 10.3 Å². The molecule has 0 aliphatic heterocycles. The summed E-state index contributed by atoms with van der Waals surface area (Å²) in [5.74, 6) is -1.01. The summed E-state index contributed by atoms with van der Waals surface area (Å²) in [5.41, 5.74) is 0.476. The van der Waals surface area contributed by atoms with Crippen molar-refractivity contribution in [3.05, 3.63) is 58.9 Å². The van der Waals surface area contributed by atoms with E-state index in [4.69, 9.17) is 21.1 Å². The number of hydrogen-bond donors (Lipinski definition) is 1. The van der Waals surface area contributed by atoms with Gasteiger partial charge in [0.05, 0.1) is 6.61 Å². The first kappa shape index (κ1) is 19.4. The number of carbonyl (C=O) groups is 3. The molecule has 0 aliphatic carbocycles. The number of esters is 1. The van der Waals surface area contributed by atoms with Crippen molar-refractivity contribution in [3.63, 3.8) is 0 Å². The van der Waals surface area contributed by atoms with Crippen LogP contribution in [-0.2, 0) is 9.53 Å². The van der Waals surface area contributed by atoms with Crippen molar-refractivity contribution >= 4 is 29.3 Å². The van der Waals surface area contributed by atoms with Crippen LogP contribution in [0.3, 0.4) is 0 Å². The maximum Gasteiger partial charge on any atom is 0.325 e. The van der Waals surface area contributed by atoms with Crippen LogP contribution in [0.5, 0.6) is 5.75 Å². The fraction of sp³-hybridized carbons (Fsp3) is 0.222. The smallest absolute Gasteiger partial charge is 0.325 e. The van der Waals surface area contributed by atoms with Gasteiger partial charge in [-0.05, 0) is 43.3 Å². The highest BCUT2D eigenvalue weighted by atomic mass is 35.5. The minimum atomic E-state index is -0.736. The van der Waals surface area contributed by atoms with Crippen molar-refractivity contribution < 1.29 is 23.9 Å². The van der Waals surface area contributed by atoms with Gasteiger partial charge in [0, 0.05) is 16.8 Å². The molecule has 26 heavy (non-hydrogen) atoms. The van der Waals surface area contributed by atoms with Crippen LogP contribution in [0.4, 0.5) is 0 Å². The largest absolute Gasteiger partial charge is 0.494 e. The van der Waals surface area contributed by atoms with E-state index in [0.29, 0.717) is 22.9 Å². The van der Waals surface area contributed by atoms with Crippen LogP contribution in [0.2, 0.25) is 5.02 Å². The SMILES string of the molecule is CCOc1ccc(C(=O)COC(=O)CNC(=O)c2cc(Cl)ccn2)cc1. The standard InChI is InChI=1S/C18H17ClN2O5/c1-2-25-14-5-3-12(4-6-14)16(22)11-26-17(23)10-21-18(24)15-9-13(19)7-8-20-15/h3-9H,2,10-11H2,1H3,(H,21,24). The molecule has 1 aromatic heterocycles. The average molecular weight is 377 g/mol. The predicted molar refractivity (Wildman–Crippen MR) is 94.5 cm³/mol. The van der Waals surface area contributed by atoms with Crippen LogP contribution >= 0.6 is 11.6 Å². The molecule has 0 spiro atoms. The van der Waals surface area contributed by atoms with Crippen LogP contribution < -0.4 is 10.1 Å². The van der Waals surface area contributed by atoms with Gasteiger partial charge in [-0.1, -0.05) is 11.6 Å². The van der Waals surface area contributed by atoms with E-state index in [1.54, 1.807) is 24.3 Å². The number of carbonyl (C=O) groups excluding carboxylic acids is 3. The second-order valence-electron chi connectivity index (χ2n) is 5.08. The minimum Gasteiger partial charge on any atom is -0.494 e. The van der Waals surface area contributed by atoms with Gasteiger partial charge in [-0.15, -0.1) is 0 Å². The lowest BCUT2D eigenvalue weighted by Crippen LogP contribution is -2.32. The molecule has 0 aliphatic rings. The first-order valence-corrected chi connectivity index (χ1v) is 8.19. The van der Waals surface area contributed by atoms with Gasteiger partial charge < -0.3 is 14.8 Å². The highest BCUT2D eigenvalue weighted by Gasteiger charge is 2.13. The molecular formula is C18H17ClN2O5. The number of pyridine rings is 1. The molecule has 0 atom stereocenters. The Bertz CT molecular complexity index is 792. The van der Waals surface area contributed by atoms with Crippen LogP contribution in [0.15, 0.2) is 42.6 Å². The van der Waals surface area contributed by atoms with Crippen molar-refractivity contribution in [1.29, 1.82) is 0 Å². The lowest BCUT2D eigenvalue weighted by atomic mass is 10.1. The topological polar surface area (TPSA) is 94.6 Å². The van der Waals surface area contributed by atoms with Gasteiger partial charge in [0.15, 0.2) is 12.4 Å². The minimum absolute atomic E-state index is 0.0794. The third kappa shape index (κ3) is 5.86. The molecule has 1 heterocycles. The summed E-state index contributed by atoms with van der Waals surface area (Å²) in [6.07, 6.45) is 1.38. The molecule has 8 heteroatoms. The average Bonchev–Trinajstić information content (AvgIpc) is 2.65. The first-order chi connectivity index (χ1) is 12.5. The van der Waals surface area contributed by atoms with E-state index in [1.165, 1.54) is 18.3 Å². The highest BCUT2D eigenvalue weighted by molar-refractivity contribution is 6.30. The van der Waals surface area contributed by atoms with E-state index in [0.717, 1.165) is 0 Å². The summed E-state index contributed by atoms with van der Waals surface area (Å²) < 4.78 is 10.2. The number of aromatic nitrogens is 1. The molecular weight excluding hydrogens is 360 g/mol. The van der Waals surface area contributed by atoms with Gasteiger partial charge >= 0.3 is 5.97 Å². The summed E-state index contributed by atoms with van der Waals surface area (Å²) in [6.45, 7) is 1.59. The number of amides is 1. The monoisotopic (exact) mass is 376 g/mol. The molecule has 1 aromatic carbocycles. The second-order valence-corrected chi connectivity index (χ2v) is 5.52. The van der Waals surface area contributed by atoms with E-state index in [1.807, 2.05) is 6.92 Å². The van der Waals surface area contributed by atoms with E-state index >= 15 is 0 Å². The van der Waals surface area contributed by atoms with E-state index in [2.05, 4.69) is 10.3 Å². The molecule has 0 bridgehead atoms. The lowest BCUT2D eigenvalue weighted by molar-refractivity contribution is -0.141. The predicted octanol–water partition coefficient (Wildman–Crippen LogP) is 2.29. The van der Waals surface area contributed by atoms with Gasteiger partial charge in [-0.2, -0.15) is 0 Å². The molecule has 0 unspecified atom stereocenters. The fourth-order valence-electron chi connectivity index (χ4n) is 1.96. The third-order valence-corrected chi connectivity index (χ3v) is 3.43.